The minimum absolute atomic E-state index is 0.0984. The summed E-state index contributed by atoms with van der Waals surface area (Å²) in [6.07, 6.45) is 0.566. The molecule has 0 spiro atoms. The SMILES string of the molecule is COc1ccc(C)cc1NC(=O)C1CC1C(=O)Nc1c(C)cccc1C. The highest BCUT2D eigenvalue weighted by molar-refractivity contribution is 6.04. The third kappa shape index (κ3) is 3.72. The molecule has 0 aliphatic heterocycles. The van der Waals surface area contributed by atoms with Gasteiger partial charge in [0.25, 0.3) is 0 Å². The number of aryl methyl sites for hydroxylation is 3. The minimum Gasteiger partial charge on any atom is -0.495 e. The van der Waals surface area contributed by atoms with Crippen molar-refractivity contribution in [2.75, 3.05) is 17.7 Å². The quantitative estimate of drug-likeness (QED) is 0.859. The van der Waals surface area contributed by atoms with E-state index in [9.17, 15) is 9.59 Å². The largest absolute Gasteiger partial charge is 0.495 e. The van der Waals surface area contributed by atoms with E-state index in [-0.39, 0.29) is 23.7 Å². The standard InChI is InChI=1S/C21H24N2O3/c1-12-8-9-18(26-4)17(10-12)22-20(24)15-11-16(15)21(25)23-19-13(2)6-5-7-14(19)3/h5-10,15-16H,11H2,1-4H3,(H,22,24)(H,23,25). The van der Waals surface area contributed by atoms with E-state index >= 15 is 0 Å². The smallest absolute Gasteiger partial charge is 0.228 e. The number of benzene rings is 2. The van der Waals surface area contributed by atoms with Crippen molar-refractivity contribution in [1.82, 2.24) is 0 Å². The summed E-state index contributed by atoms with van der Waals surface area (Å²) in [6, 6.07) is 11.5. The normalized spacial score (nSPS) is 18.2. The number of ether oxygens (including phenoxy) is 1. The molecule has 1 fully saturated rings. The zero-order valence-electron chi connectivity index (χ0n) is 15.6. The zero-order chi connectivity index (χ0) is 18.8. The Bertz CT molecular complexity index is 840. The van der Waals surface area contributed by atoms with Crippen LogP contribution in [0.3, 0.4) is 0 Å². The summed E-state index contributed by atoms with van der Waals surface area (Å²) in [5.74, 6) is -0.218. The van der Waals surface area contributed by atoms with Crippen LogP contribution in [0.25, 0.3) is 0 Å². The lowest BCUT2D eigenvalue weighted by molar-refractivity contribution is -0.122. The summed E-state index contributed by atoms with van der Waals surface area (Å²) in [5, 5.41) is 5.87. The molecule has 2 aromatic carbocycles. The highest BCUT2D eigenvalue weighted by Crippen LogP contribution is 2.41. The van der Waals surface area contributed by atoms with E-state index in [1.807, 2.05) is 57.2 Å². The number of carbonyl (C=O) groups excluding carboxylic acids is 2. The van der Waals surface area contributed by atoms with Gasteiger partial charge in [0.2, 0.25) is 11.8 Å². The molecule has 0 aromatic heterocycles. The number of carbonyl (C=O) groups is 2. The first kappa shape index (κ1) is 18.0. The molecule has 136 valence electrons. The lowest BCUT2D eigenvalue weighted by Crippen LogP contribution is -2.21. The van der Waals surface area contributed by atoms with Crippen LogP contribution >= 0.6 is 0 Å². The van der Waals surface area contributed by atoms with Gasteiger partial charge in [0.15, 0.2) is 0 Å². The number of hydrogen-bond acceptors (Lipinski definition) is 3. The molecule has 5 heteroatoms. The number of anilines is 2. The Hall–Kier alpha value is -2.82. The van der Waals surface area contributed by atoms with E-state index in [0.717, 1.165) is 22.4 Å². The summed E-state index contributed by atoms with van der Waals surface area (Å²) in [4.78, 5) is 25.0. The average molecular weight is 352 g/mol. The zero-order valence-corrected chi connectivity index (χ0v) is 15.6. The first-order valence-electron chi connectivity index (χ1n) is 8.73. The fraction of sp³-hybridized carbons (Fsp3) is 0.333. The predicted molar refractivity (Wildman–Crippen MR) is 103 cm³/mol. The van der Waals surface area contributed by atoms with Crippen LogP contribution in [0.1, 0.15) is 23.1 Å². The van der Waals surface area contributed by atoms with Gasteiger partial charge in [-0.15, -0.1) is 0 Å². The third-order valence-corrected chi connectivity index (χ3v) is 4.81. The molecule has 2 unspecified atom stereocenters. The van der Waals surface area contributed by atoms with Crippen LogP contribution in [-0.2, 0) is 9.59 Å². The monoisotopic (exact) mass is 352 g/mol. The van der Waals surface area contributed by atoms with Gasteiger partial charge in [-0.25, -0.2) is 0 Å². The second kappa shape index (κ2) is 7.20. The molecule has 0 bridgehead atoms. The summed E-state index contributed by atoms with van der Waals surface area (Å²) in [6.45, 7) is 5.88. The molecule has 3 rings (SSSR count). The highest BCUT2D eigenvalue weighted by Gasteiger charge is 2.48. The molecule has 2 N–H and O–H groups in total. The van der Waals surface area contributed by atoms with Gasteiger partial charge in [-0.3, -0.25) is 9.59 Å². The van der Waals surface area contributed by atoms with E-state index in [1.54, 1.807) is 7.11 Å². The second-order valence-electron chi connectivity index (χ2n) is 6.90. The Kier molecular flexibility index (Phi) is 4.98. The molecule has 1 aliphatic carbocycles. The van der Waals surface area contributed by atoms with Crippen molar-refractivity contribution >= 4 is 23.2 Å². The molecule has 2 amide bonds. The molecular formula is C21H24N2O3. The van der Waals surface area contributed by atoms with E-state index < -0.39 is 0 Å². The Labute approximate surface area is 153 Å². The van der Waals surface area contributed by atoms with Crippen LogP contribution in [0.4, 0.5) is 11.4 Å². The fourth-order valence-electron chi connectivity index (χ4n) is 3.15. The maximum atomic E-state index is 12.5. The van der Waals surface area contributed by atoms with Crippen LogP contribution in [0.5, 0.6) is 5.75 Å². The summed E-state index contributed by atoms with van der Waals surface area (Å²) < 4.78 is 5.29. The van der Waals surface area contributed by atoms with Crippen molar-refractivity contribution in [2.24, 2.45) is 11.8 Å². The number of para-hydroxylation sites is 1. The van der Waals surface area contributed by atoms with E-state index in [1.165, 1.54) is 0 Å². The van der Waals surface area contributed by atoms with Crippen molar-refractivity contribution in [3.05, 3.63) is 53.1 Å². The topological polar surface area (TPSA) is 67.4 Å². The van der Waals surface area contributed by atoms with Crippen LogP contribution in [0.2, 0.25) is 0 Å². The molecule has 5 nitrogen and oxygen atoms in total. The maximum absolute atomic E-state index is 12.5. The van der Waals surface area contributed by atoms with Gasteiger partial charge < -0.3 is 15.4 Å². The Morgan fingerprint density at radius 3 is 2.19 bits per heavy atom. The number of hydrogen-bond donors (Lipinski definition) is 2. The second-order valence-corrected chi connectivity index (χ2v) is 6.90. The van der Waals surface area contributed by atoms with Crippen LogP contribution in [0.15, 0.2) is 36.4 Å². The van der Waals surface area contributed by atoms with Crippen LogP contribution in [0, 0.1) is 32.6 Å². The van der Waals surface area contributed by atoms with Crippen molar-refractivity contribution in [2.45, 2.75) is 27.2 Å². The van der Waals surface area contributed by atoms with Crippen molar-refractivity contribution in [1.29, 1.82) is 0 Å². The summed E-state index contributed by atoms with van der Waals surface area (Å²) in [7, 11) is 1.57. The Balaban J connectivity index is 1.64. The van der Waals surface area contributed by atoms with E-state index in [0.29, 0.717) is 17.9 Å². The van der Waals surface area contributed by atoms with Gasteiger partial charge in [0, 0.05) is 5.69 Å². The average Bonchev–Trinajstić information content (AvgIpc) is 3.39. The lowest BCUT2D eigenvalue weighted by atomic mass is 10.1. The van der Waals surface area contributed by atoms with E-state index in [4.69, 9.17) is 4.74 Å². The number of rotatable bonds is 5. The first-order chi connectivity index (χ1) is 12.4. The lowest BCUT2D eigenvalue weighted by Gasteiger charge is -2.12. The molecule has 0 radical (unpaired) electrons. The predicted octanol–water partition coefficient (Wildman–Crippen LogP) is 3.83. The molecule has 0 saturated heterocycles. The van der Waals surface area contributed by atoms with Crippen LogP contribution < -0.4 is 15.4 Å². The minimum atomic E-state index is -0.301. The van der Waals surface area contributed by atoms with Crippen molar-refractivity contribution < 1.29 is 14.3 Å². The van der Waals surface area contributed by atoms with Crippen molar-refractivity contribution in [3.63, 3.8) is 0 Å². The van der Waals surface area contributed by atoms with E-state index in [2.05, 4.69) is 10.6 Å². The molecule has 2 atom stereocenters. The first-order valence-corrected chi connectivity index (χ1v) is 8.73. The molecule has 2 aromatic rings. The Morgan fingerprint density at radius 2 is 1.58 bits per heavy atom. The molecular weight excluding hydrogens is 328 g/mol. The van der Waals surface area contributed by atoms with Gasteiger partial charge in [-0.1, -0.05) is 24.3 Å². The molecule has 0 heterocycles. The molecule has 1 saturated carbocycles. The third-order valence-electron chi connectivity index (χ3n) is 4.81. The fourth-order valence-corrected chi connectivity index (χ4v) is 3.15. The number of nitrogens with one attached hydrogen (secondary N) is 2. The van der Waals surface area contributed by atoms with Gasteiger partial charge >= 0.3 is 0 Å². The van der Waals surface area contributed by atoms with Gasteiger partial charge in [-0.2, -0.15) is 0 Å². The highest BCUT2D eigenvalue weighted by atomic mass is 16.5. The van der Waals surface area contributed by atoms with Crippen LogP contribution in [-0.4, -0.2) is 18.9 Å². The summed E-state index contributed by atoms with van der Waals surface area (Å²) in [5.41, 5.74) is 4.54. The van der Waals surface area contributed by atoms with Gasteiger partial charge in [-0.05, 0) is 56.0 Å². The molecule has 1 aliphatic rings. The number of methoxy groups -OCH3 is 1. The van der Waals surface area contributed by atoms with Gasteiger partial charge in [0.1, 0.15) is 5.75 Å². The number of amides is 2. The maximum Gasteiger partial charge on any atom is 0.228 e. The van der Waals surface area contributed by atoms with Gasteiger partial charge in [0.05, 0.1) is 24.6 Å². The molecule has 26 heavy (non-hydrogen) atoms. The summed E-state index contributed by atoms with van der Waals surface area (Å²) >= 11 is 0. The van der Waals surface area contributed by atoms with Crippen molar-refractivity contribution in [3.8, 4) is 5.75 Å². The Morgan fingerprint density at radius 1 is 0.962 bits per heavy atom.